The molecule has 24 heavy (non-hydrogen) atoms. The summed E-state index contributed by atoms with van der Waals surface area (Å²) in [5, 5.41) is 2.88. The van der Waals surface area contributed by atoms with E-state index in [1.165, 1.54) is 4.90 Å². The Labute approximate surface area is 145 Å². The van der Waals surface area contributed by atoms with Gasteiger partial charge in [0.25, 0.3) is 11.8 Å². The lowest BCUT2D eigenvalue weighted by molar-refractivity contribution is -0.119. The van der Waals surface area contributed by atoms with Gasteiger partial charge in [0.05, 0.1) is 0 Å². The van der Waals surface area contributed by atoms with Crippen molar-refractivity contribution in [3.8, 4) is 5.75 Å². The number of amides is 2. The Balaban J connectivity index is 1.72. The number of primary amides is 1. The van der Waals surface area contributed by atoms with Crippen LogP contribution in [-0.2, 0) is 4.79 Å². The largest absolute Gasteiger partial charge is 0.484 e. The van der Waals surface area contributed by atoms with Crippen LogP contribution in [-0.4, -0.2) is 30.7 Å². The molecule has 2 aromatic rings. The van der Waals surface area contributed by atoms with Gasteiger partial charge in [0, 0.05) is 17.0 Å². The van der Waals surface area contributed by atoms with E-state index in [9.17, 15) is 9.59 Å². The summed E-state index contributed by atoms with van der Waals surface area (Å²) in [6.45, 7) is 0.396. The molecule has 0 saturated carbocycles. The fourth-order valence-electron chi connectivity index (χ4n) is 1.96. The highest BCUT2D eigenvalue weighted by atomic mass is 32.2. The van der Waals surface area contributed by atoms with E-state index in [2.05, 4.69) is 17.4 Å². The zero-order chi connectivity index (χ0) is 17.2. The molecule has 3 N–H and O–H groups in total. The Morgan fingerprint density at radius 2 is 1.88 bits per heavy atom. The molecule has 0 bridgehead atoms. The van der Waals surface area contributed by atoms with Crippen LogP contribution < -0.4 is 15.8 Å². The Hall–Kier alpha value is -2.47. The summed E-state index contributed by atoms with van der Waals surface area (Å²) in [5.41, 5.74) is 5.52. The molecular formula is C18H20N2O3S. The van der Waals surface area contributed by atoms with Gasteiger partial charge < -0.3 is 15.8 Å². The van der Waals surface area contributed by atoms with Crippen molar-refractivity contribution in [3.63, 3.8) is 0 Å². The molecule has 2 rings (SSSR count). The van der Waals surface area contributed by atoms with Gasteiger partial charge in [0.2, 0.25) is 0 Å². The van der Waals surface area contributed by atoms with Crippen molar-refractivity contribution in [3.05, 3.63) is 60.2 Å². The number of hydrogen-bond donors (Lipinski definition) is 2. The zero-order valence-electron chi connectivity index (χ0n) is 13.2. The molecule has 0 aliphatic carbocycles. The van der Waals surface area contributed by atoms with Gasteiger partial charge in [0.1, 0.15) is 5.75 Å². The summed E-state index contributed by atoms with van der Waals surface area (Å²) in [5.74, 6) is 0.664. The van der Waals surface area contributed by atoms with E-state index in [0.717, 1.165) is 12.2 Å². The lowest BCUT2D eigenvalue weighted by Crippen LogP contribution is -2.25. The minimum absolute atomic E-state index is 0.163. The van der Waals surface area contributed by atoms with Crippen LogP contribution in [0.5, 0.6) is 5.75 Å². The summed E-state index contributed by atoms with van der Waals surface area (Å²) in [7, 11) is 0. The van der Waals surface area contributed by atoms with Crippen molar-refractivity contribution in [2.24, 2.45) is 5.73 Å². The maximum absolute atomic E-state index is 12.1. The van der Waals surface area contributed by atoms with Crippen molar-refractivity contribution in [1.29, 1.82) is 0 Å². The number of ether oxygens (including phenoxy) is 1. The molecule has 0 spiro atoms. The van der Waals surface area contributed by atoms with Crippen LogP contribution in [0.1, 0.15) is 16.8 Å². The molecule has 0 aliphatic rings. The monoisotopic (exact) mass is 344 g/mol. The number of carbonyl (C=O) groups excluding carboxylic acids is 2. The minimum atomic E-state index is -0.555. The number of hydrogen-bond acceptors (Lipinski definition) is 4. The third kappa shape index (κ3) is 6.34. The van der Waals surface area contributed by atoms with Crippen LogP contribution in [0.3, 0.4) is 0 Å². The first-order valence-electron chi connectivity index (χ1n) is 7.62. The second-order valence-electron chi connectivity index (χ2n) is 5.05. The van der Waals surface area contributed by atoms with Crippen LogP contribution in [0.25, 0.3) is 0 Å². The first-order chi connectivity index (χ1) is 11.6. The molecule has 0 radical (unpaired) electrons. The van der Waals surface area contributed by atoms with Gasteiger partial charge in [-0.1, -0.05) is 24.3 Å². The standard InChI is InChI=1S/C18H20N2O3S/c19-17(21)13-23-15-7-4-6-14(12-15)18(22)20-10-5-11-24-16-8-2-1-3-9-16/h1-4,6-9,12H,5,10-11,13H2,(H2,19,21)(H,20,22). The molecule has 0 aliphatic heterocycles. The van der Waals surface area contributed by atoms with E-state index < -0.39 is 5.91 Å². The van der Waals surface area contributed by atoms with Crippen molar-refractivity contribution in [2.75, 3.05) is 18.9 Å². The molecule has 0 heterocycles. The predicted octanol–water partition coefficient (Wildman–Crippen LogP) is 2.46. The maximum atomic E-state index is 12.1. The van der Waals surface area contributed by atoms with E-state index in [1.54, 1.807) is 36.0 Å². The number of carbonyl (C=O) groups is 2. The van der Waals surface area contributed by atoms with Crippen molar-refractivity contribution >= 4 is 23.6 Å². The van der Waals surface area contributed by atoms with Crippen LogP contribution >= 0.6 is 11.8 Å². The van der Waals surface area contributed by atoms with Crippen LogP contribution in [0.4, 0.5) is 0 Å². The number of benzene rings is 2. The van der Waals surface area contributed by atoms with Gasteiger partial charge in [-0.15, -0.1) is 11.8 Å². The van der Waals surface area contributed by atoms with Gasteiger partial charge in [-0.2, -0.15) is 0 Å². The summed E-state index contributed by atoms with van der Waals surface area (Å²) in [4.78, 5) is 24.0. The summed E-state index contributed by atoms with van der Waals surface area (Å²) in [6.07, 6.45) is 0.878. The SMILES string of the molecule is NC(=O)COc1cccc(C(=O)NCCCSc2ccccc2)c1. The lowest BCUT2D eigenvalue weighted by Gasteiger charge is -2.08. The summed E-state index contributed by atoms with van der Waals surface area (Å²) >= 11 is 1.76. The van der Waals surface area contributed by atoms with Gasteiger partial charge in [-0.25, -0.2) is 0 Å². The summed E-state index contributed by atoms with van der Waals surface area (Å²) in [6, 6.07) is 16.8. The molecule has 2 amide bonds. The molecule has 0 atom stereocenters. The second-order valence-corrected chi connectivity index (χ2v) is 6.22. The Kier molecular flexibility index (Phi) is 7.17. The zero-order valence-corrected chi connectivity index (χ0v) is 14.1. The number of nitrogens with one attached hydrogen (secondary N) is 1. The van der Waals surface area contributed by atoms with E-state index >= 15 is 0 Å². The molecule has 0 saturated heterocycles. The Morgan fingerprint density at radius 3 is 2.62 bits per heavy atom. The molecule has 0 unspecified atom stereocenters. The molecule has 0 aromatic heterocycles. The van der Waals surface area contributed by atoms with E-state index in [1.807, 2.05) is 18.2 Å². The quantitative estimate of drug-likeness (QED) is 0.541. The van der Waals surface area contributed by atoms with Crippen LogP contribution in [0, 0.1) is 0 Å². The lowest BCUT2D eigenvalue weighted by atomic mass is 10.2. The van der Waals surface area contributed by atoms with Gasteiger partial charge in [-0.05, 0) is 42.5 Å². The van der Waals surface area contributed by atoms with E-state index in [0.29, 0.717) is 17.9 Å². The highest BCUT2D eigenvalue weighted by Crippen LogP contribution is 2.17. The summed E-state index contributed by atoms with van der Waals surface area (Å²) < 4.78 is 5.19. The molecule has 0 fully saturated rings. The Bertz CT molecular complexity index is 677. The number of nitrogens with two attached hydrogens (primary N) is 1. The van der Waals surface area contributed by atoms with Gasteiger partial charge >= 0.3 is 0 Å². The third-order valence-electron chi connectivity index (χ3n) is 3.10. The van der Waals surface area contributed by atoms with Gasteiger partial charge in [-0.3, -0.25) is 9.59 Å². The molecule has 6 heteroatoms. The normalized spacial score (nSPS) is 10.2. The van der Waals surface area contributed by atoms with E-state index in [-0.39, 0.29) is 12.5 Å². The minimum Gasteiger partial charge on any atom is -0.484 e. The highest BCUT2D eigenvalue weighted by Gasteiger charge is 2.06. The first kappa shape index (κ1) is 17.9. The Morgan fingerprint density at radius 1 is 1.08 bits per heavy atom. The molecule has 2 aromatic carbocycles. The predicted molar refractivity (Wildman–Crippen MR) is 95.2 cm³/mol. The molecule has 126 valence electrons. The molecular weight excluding hydrogens is 324 g/mol. The first-order valence-corrected chi connectivity index (χ1v) is 8.61. The van der Waals surface area contributed by atoms with Crippen molar-refractivity contribution < 1.29 is 14.3 Å². The maximum Gasteiger partial charge on any atom is 0.255 e. The smallest absolute Gasteiger partial charge is 0.255 e. The number of thioether (sulfide) groups is 1. The second kappa shape index (κ2) is 9.62. The van der Waals surface area contributed by atoms with Crippen LogP contribution in [0.2, 0.25) is 0 Å². The van der Waals surface area contributed by atoms with Crippen molar-refractivity contribution in [2.45, 2.75) is 11.3 Å². The number of rotatable bonds is 9. The van der Waals surface area contributed by atoms with Gasteiger partial charge in [0.15, 0.2) is 6.61 Å². The fraction of sp³-hybridized carbons (Fsp3) is 0.222. The molecule has 5 nitrogen and oxygen atoms in total. The average molecular weight is 344 g/mol. The van der Waals surface area contributed by atoms with Crippen LogP contribution in [0.15, 0.2) is 59.5 Å². The highest BCUT2D eigenvalue weighted by molar-refractivity contribution is 7.99. The average Bonchev–Trinajstić information content (AvgIpc) is 2.60. The topological polar surface area (TPSA) is 81.4 Å². The fourth-order valence-corrected chi connectivity index (χ4v) is 2.84. The van der Waals surface area contributed by atoms with E-state index in [4.69, 9.17) is 10.5 Å². The van der Waals surface area contributed by atoms with Crippen molar-refractivity contribution in [1.82, 2.24) is 5.32 Å². The third-order valence-corrected chi connectivity index (χ3v) is 4.19.